The first kappa shape index (κ1) is 12.4. The van der Waals surface area contributed by atoms with Crippen LogP contribution in [-0.4, -0.2) is 17.1 Å². The Morgan fingerprint density at radius 1 is 1.22 bits per heavy atom. The number of aromatic nitrogens is 1. The maximum Gasteiger partial charge on any atom is 0.271 e. The van der Waals surface area contributed by atoms with Gasteiger partial charge in [-0.3, -0.25) is 9.78 Å². The van der Waals surface area contributed by atoms with Crippen molar-refractivity contribution in [1.29, 1.82) is 0 Å². The van der Waals surface area contributed by atoms with E-state index in [1.807, 2.05) is 24.3 Å². The van der Waals surface area contributed by atoms with Crippen molar-refractivity contribution in [2.45, 2.75) is 0 Å². The summed E-state index contributed by atoms with van der Waals surface area (Å²) in [5.41, 5.74) is 3.87. The van der Waals surface area contributed by atoms with Crippen LogP contribution < -0.4 is 5.43 Å². The third-order valence-corrected chi connectivity index (χ3v) is 2.94. The van der Waals surface area contributed by atoms with Crippen LogP contribution in [0.25, 0.3) is 0 Å². The fraction of sp³-hybridized carbons (Fsp3) is 0. The summed E-state index contributed by atoms with van der Waals surface area (Å²) in [6.07, 6.45) is 4.71. The topological polar surface area (TPSA) is 54.4 Å². The second-order valence-corrected chi connectivity index (χ2v) is 4.31. The van der Waals surface area contributed by atoms with Crippen LogP contribution in [0, 0.1) is 0 Å². The summed E-state index contributed by atoms with van der Waals surface area (Å²) >= 11 is 3.40. The largest absolute Gasteiger partial charge is 0.271 e. The van der Waals surface area contributed by atoms with Crippen molar-refractivity contribution in [3.05, 3.63) is 64.4 Å². The number of hydrogen-bond acceptors (Lipinski definition) is 3. The van der Waals surface area contributed by atoms with Gasteiger partial charge in [0.1, 0.15) is 0 Å². The Morgan fingerprint density at radius 3 is 2.67 bits per heavy atom. The molecule has 18 heavy (non-hydrogen) atoms. The van der Waals surface area contributed by atoms with Gasteiger partial charge in [-0.1, -0.05) is 34.1 Å². The highest BCUT2D eigenvalue weighted by molar-refractivity contribution is 9.10. The van der Waals surface area contributed by atoms with E-state index in [0.717, 1.165) is 10.0 Å². The third-order valence-electron chi connectivity index (χ3n) is 2.22. The van der Waals surface area contributed by atoms with Crippen LogP contribution in [0.3, 0.4) is 0 Å². The summed E-state index contributed by atoms with van der Waals surface area (Å²) in [4.78, 5) is 15.5. The van der Waals surface area contributed by atoms with Crippen LogP contribution >= 0.6 is 15.9 Å². The molecule has 1 amide bonds. The van der Waals surface area contributed by atoms with Crippen LogP contribution in [-0.2, 0) is 0 Å². The molecule has 0 bridgehead atoms. The number of amides is 1. The molecule has 0 saturated carbocycles. The van der Waals surface area contributed by atoms with Gasteiger partial charge in [0, 0.05) is 28.0 Å². The smallest absolute Gasteiger partial charge is 0.267 e. The lowest BCUT2D eigenvalue weighted by Crippen LogP contribution is -2.17. The van der Waals surface area contributed by atoms with Crippen molar-refractivity contribution in [3.63, 3.8) is 0 Å². The van der Waals surface area contributed by atoms with Crippen molar-refractivity contribution in [1.82, 2.24) is 10.4 Å². The number of nitrogens with one attached hydrogen (secondary N) is 1. The zero-order valence-corrected chi connectivity index (χ0v) is 11.0. The van der Waals surface area contributed by atoms with Gasteiger partial charge in [0.15, 0.2) is 0 Å². The molecule has 0 unspecified atom stereocenters. The Balaban J connectivity index is 2.00. The van der Waals surface area contributed by atoms with E-state index in [1.54, 1.807) is 30.7 Å². The van der Waals surface area contributed by atoms with Crippen LogP contribution in [0.2, 0.25) is 0 Å². The second kappa shape index (κ2) is 6.07. The molecule has 0 fully saturated rings. The van der Waals surface area contributed by atoms with E-state index in [-0.39, 0.29) is 5.91 Å². The Hall–Kier alpha value is -2.01. The average Bonchev–Trinajstić information content (AvgIpc) is 2.42. The summed E-state index contributed by atoms with van der Waals surface area (Å²) in [6, 6.07) is 10.9. The summed E-state index contributed by atoms with van der Waals surface area (Å²) in [5, 5.41) is 3.90. The molecule has 5 heteroatoms. The molecule has 1 aromatic heterocycles. The molecule has 0 aliphatic heterocycles. The van der Waals surface area contributed by atoms with Crippen LogP contribution in [0.5, 0.6) is 0 Å². The van der Waals surface area contributed by atoms with E-state index in [4.69, 9.17) is 0 Å². The van der Waals surface area contributed by atoms with Crippen LogP contribution in [0.1, 0.15) is 15.9 Å². The van der Waals surface area contributed by atoms with Crippen molar-refractivity contribution in [2.24, 2.45) is 5.10 Å². The maximum atomic E-state index is 11.7. The standard InChI is InChI=1S/C13H10BrN3O/c14-12-4-2-1-3-11(12)9-16-17-13(18)10-5-7-15-8-6-10/h1-9H,(H,17,18)/b16-9+. The molecule has 0 spiro atoms. The summed E-state index contributed by atoms with van der Waals surface area (Å²) in [5.74, 6) is -0.263. The molecule has 1 N–H and O–H groups in total. The van der Waals surface area contributed by atoms with Gasteiger partial charge in [0.05, 0.1) is 6.21 Å². The fourth-order valence-electron chi connectivity index (χ4n) is 1.31. The number of carbonyl (C=O) groups excluding carboxylic acids is 1. The normalized spacial score (nSPS) is 10.5. The molecular formula is C13H10BrN3O. The number of benzene rings is 1. The Bertz CT molecular complexity index is 569. The first-order valence-corrected chi connectivity index (χ1v) is 6.04. The van der Waals surface area contributed by atoms with Crippen molar-refractivity contribution < 1.29 is 4.79 Å². The monoisotopic (exact) mass is 303 g/mol. The van der Waals surface area contributed by atoms with Gasteiger partial charge in [0.25, 0.3) is 5.91 Å². The average molecular weight is 304 g/mol. The van der Waals surface area contributed by atoms with Gasteiger partial charge in [0.2, 0.25) is 0 Å². The van der Waals surface area contributed by atoms with Gasteiger partial charge < -0.3 is 0 Å². The summed E-state index contributed by atoms with van der Waals surface area (Å²) in [7, 11) is 0. The van der Waals surface area contributed by atoms with Crippen LogP contribution in [0.15, 0.2) is 58.4 Å². The minimum atomic E-state index is -0.263. The molecule has 0 atom stereocenters. The molecular weight excluding hydrogens is 294 g/mol. The van der Waals surface area contributed by atoms with E-state index < -0.39 is 0 Å². The zero-order chi connectivity index (χ0) is 12.8. The molecule has 0 aliphatic rings. The number of hydrazone groups is 1. The summed E-state index contributed by atoms with van der Waals surface area (Å²) in [6.45, 7) is 0. The lowest BCUT2D eigenvalue weighted by molar-refractivity contribution is 0.0955. The summed E-state index contributed by atoms with van der Waals surface area (Å²) < 4.78 is 0.923. The highest BCUT2D eigenvalue weighted by atomic mass is 79.9. The molecule has 0 radical (unpaired) electrons. The van der Waals surface area contributed by atoms with Gasteiger partial charge in [-0.2, -0.15) is 5.10 Å². The minimum Gasteiger partial charge on any atom is -0.267 e. The van der Waals surface area contributed by atoms with E-state index in [2.05, 4.69) is 31.4 Å². The molecule has 0 aliphatic carbocycles. The minimum absolute atomic E-state index is 0.263. The SMILES string of the molecule is O=C(N/N=C/c1ccccc1Br)c1ccncc1. The number of rotatable bonds is 3. The lowest BCUT2D eigenvalue weighted by atomic mass is 10.2. The Labute approximate surface area is 113 Å². The maximum absolute atomic E-state index is 11.7. The molecule has 4 nitrogen and oxygen atoms in total. The predicted octanol–water partition coefficient (Wildman–Crippen LogP) is 2.61. The van der Waals surface area contributed by atoms with E-state index in [9.17, 15) is 4.79 Å². The Morgan fingerprint density at radius 2 is 1.94 bits per heavy atom. The third kappa shape index (κ3) is 3.24. The van der Waals surface area contributed by atoms with Gasteiger partial charge >= 0.3 is 0 Å². The lowest BCUT2D eigenvalue weighted by Gasteiger charge is -1.99. The molecule has 0 saturated heterocycles. The van der Waals surface area contributed by atoms with Crippen molar-refractivity contribution in [2.75, 3.05) is 0 Å². The first-order valence-electron chi connectivity index (χ1n) is 5.25. The molecule has 1 aromatic carbocycles. The second-order valence-electron chi connectivity index (χ2n) is 3.46. The number of hydrogen-bond donors (Lipinski definition) is 1. The van der Waals surface area contributed by atoms with E-state index in [1.165, 1.54) is 0 Å². The predicted molar refractivity (Wildman–Crippen MR) is 73.4 cm³/mol. The van der Waals surface area contributed by atoms with E-state index in [0.29, 0.717) is 5.56 Å². The highest BCUT2D eigenvalue weighted by Crippen LogP contribution is 2.13. The highest BCUT2D eigenvalue weighted by Gasteiger charge is 2.02. The number of halogens is 1. The van der Waals surface area contributed by atoms with Crippen LogP contribution in [0.4, 0.5) is 0 Å². The quantitative estimate of drug-likeness (QED) is 0.700. The number of nitrogens with zero attached hydrogens (tertiary/aromatic N) is 2. The molecule has 2 aromatic rings. The Kier molecular flexibility index (Phi) is 4.20. The zero-order valence-electron chi connectivity index (χ0n) is 9.38. The number of pyridine rings is 1. The van der Waals surface area contributed by atoms with Gasteiger partial charge in [-0.25, -0.2) is 5.43 Å². The molecule has 2 rings (SSSR count). The van der Waals surface area contributed by atoms with Crippen molar-refractivity contribution >= 4 is 28.1 Å². The van der Waals surface area contributed by atoms with Crippen molar-refractivity contribution in [3.8, 4) is 0 Å². The van der Waals surface area contributed by atoms with Gasteiger partial charge in [-0.15, -0.1) is 0 Å². The molecule has 90 valence electrons. The fourth-order valence-corrected chi connectivity index (χ4v) is 1.70. The number of carbonyl (C=O) groups is 1. The van der Waals surface area contributed by atoms with E-state index >= 15 is 0 Å². The molecule has 1 heterocycles. The first-order chi connectivity index (χ1) is 8.77. The van der Waals surface area contributed by atoms with Gasteiger partial charge in [-0.05, 0) is 18.2 Å².